The number of rotatable bonds is 5. The third-order valence-electron chi connectivity index (χ3n) is 3.90. The molecule has 3 atom stereocenters. The van der Waals surface area contributed by atoms with E-state index in [1.165, 1.54) is 4.88 Å². The molecule has 3 unspecified atom stereocenters. The Hall–Kier alpha value is -1.07. The van der Waals surface area contributed by atoms with Crippen molar-refractivity contribution in [1.82, 2.24) is 10.6 Å². The van der Waals surface area contributed by atoms with E-state index in [4.69, 9.17) is 0 Å². The molecule has 2 amide bonds. The van der Waals surface area contributed by atoms with E-state index >= 15 is 0 Å². The summed E-state index contributed by atoms with van der Waals surface area (Å²) in [6.45, 7) is 3.43. The van der Waals surface area contributed by atoms with Crippen LogP contribution in [0.3, 0.4) is 0 Å². The zero-order valence-electron chi connectivity index (χ0n) is 12.0. The maximum absolute atomic E-state index is 11.8. The largest absolute Gasteiger partial charge is 0.393 e. The summed E-state index contributed by atoms with van der Waals surface area (Å²) in [4.78, 5) is 13.1. The fraction of sp³-hybridized carbons (Fsp3) is 0.667. The zero-order chi connectivity index (χ0) is 14.4. The van der Waals surface area contributed by atoms with E-state index in [0.717, 1.165) is 25.7 Å². The van der Waals surface area contributed by atoms with E-state index in [-0.39, 0.29) is 12.1 Å². The minimum Gasteiger partial charge on any atom is -0.393 e. The number of urea groups is 1. The lowest BCUT2D eigenvalue weighted by atomic mass is 9.87. The number of aliphatic hydroxyl groups excluding tert-OH is 1. The van der Waals surface area contributed by atoms with Crippen molar-refractivity contribution in [2.45, 2.75) is 44.6 Å². The van der Waals surface area contributed by atoms with Crippen LogP contribution in [0.15, 0.2) is 17.5 Å². The van der Waals surface area contributed by atoms with Crippen molar-refractivity contribution in [3.05, 3.63) is 22.4 Å². The predicted octanol–water partition coefficient (Wildman–Crippen LogP) is 2.70. The second kappa shape index (κ2) is 7.64. The Kier molecular flexibility index (Phi) is 5.86. The molecule has 112 valence electrons. The number of nitrogens with one attached hydrogen (secondary N) is 2. The van der Waals surface area contributed by atoms with Gasteiger partial charge in [-0.3, -0.25) is 0 Å². The minimum atomic E-state index is -0.183. The molecule has 4 nitrogen and oxygen atoms in total. The van der Waals surface area contributed by atoms with Crippen LogP contribution < -0.4 is 10.6 Å². The molecule has 20 heavy (non-hydrogen) atoms. The molecule has 1 heterocycles. The van der Waals surface area contributed by atoms with Crippen LogP contribution in [-0.4, -0.2) is 30.3 Å². The number of amides is 2. The van der Waals surface area contributed by atoms with E-state index < -0.39 is 0 Å². The van der Waals surface area contributed by atoms with Gasteiger partial charge in [0.2, 0.25) is 0 Å². The van der Waals surface area contributed by atoms with Crippen LogP contribution in [0.5, 0.6) is 0 Å². The van der Waals surface area contributed by atoms with Crippen LogP contribution in [0.1, 0.15) is 43.4 Å². The summed E-state index contributed by atoms with van der Waals surface area (Å²) in [5, 5.41) is 17.5. The van der Waals surface area contributed by atoms with Crippen LogP contribution in [0.4, 0.5) is 4.79 Å². The number of aliphatic hydroxyl groups is 1. The Labute approximate surface area is 124 Å². The highest BCUT2D eigenvalue weighted by molar-refractivity contribution is 7.10. The van der Waals surface area contributed by atoms with Crippen molar-refractivity contribution < 1.29 is 9.90 Å². The van der Waals surface area contributed by atoms with Crippen LogP contribution in [0.25, 0.3) is 0 Å². The van der Waals surface area contributed by atoms with Crippen molar-refractivity contribution in [3.8, 4) is 0 Å². The Morgan fingerprint density at radius 2 is 2.35 bits per heavy atom. The van der Waals surface area contributed by atoms with Crippen molar-refractivity contribution in [1.29, 1.82) is 0 Å². The van der Waals surface area contributed by atoms with Crippen LogP contribution in [0.2, 0.25) is 0 Å². The van der Waals surface area contributed by atoms with Gasteiger partial charge in [0.25, 0.3) is 0 Å². The van der Waals surface area contributed by atoms with Gasteiger partial charge in [0.15, 0.2) is 0 Å². The summed E-state index contributed by atoms with van der Waals surface area (Å²) in [7, 11) is 0. The van der Waals surface area contributed by atoms with Gasteiger partial charge in [-0.1, -0.05) is 19.4 Å². The molecule has 0 aromatic carbocycles. The molecule has 0 spiro atoms. The molecular weight excluding hydrogens is 272 g/mol. The van der Waals surface area contributed by atoms with Gasteiger partial charge in [-0.05, 0) is 36.6 Å². The fourth-order valence-corrected chi connectivity index (χ4v) is 3.45. The molecule has 5 heteroatoms. The van der Waals surface area contributed by atoms with Gasteiger partial charge in [0, 0.05) is 23.9 Å². The van der Waals surface area contributed by atoms with Crippen LogP contribution >= 0.6 is 11.3 Å². The minimum absolute atomic E-state index is 0.103. The highest BCUT2D eigenvalue weighted by atomic mass is 32.1. The maximum Gasteiger partial charge on any atom is 0.314 e. The lowest BCUT2D eigenvalue weighted by molar-refractivity contribution is 0.101. The monoisotopic (exact) mass is 296 g/mol. The second-order valence-electron chi connectivity index (χ2n) is 5.69. The van der Waals surface area contributed by atoms with Gasteiger partial charge >= 0.3 is 6.03 Å². The standard InChI is InChI=1S/C15H24N2O2S/c1-11(14-6-3-7-20-14)9-16-15(19)17-10-12-4-2-5-13(18)8-12/h3,6-7,11-13,18H,2,4-5,8-10H2,1H3,(H2,16,17,19). The molecule has 1 aliphatic carbocycles. The summed E-state index contributed by atoms with van der Waals surface area (Å²) in [5.74, 6) is 0.761. The number of hydrogen-bond donors (Lipinski definition) is 3. The fourth-order valence-electron chi connectivity index (χ4n) is 2.67. The number of hydrogen-bond acceptors (Lipinski definition) is 3. The SMILES string of the molecule is CC(CNC(=O)NCC1CCCC(O)C1)c1cccs1. The van der Waals surface area contributed by atoms with Gasteiger partial charge in [-0.15, -0.1) is 11.3 Å². The molecule has 1 saturated carbocycles. The highest BCUT2D eigenvalue weighted by Gasteiger charge is 2.20. The molecule has 0 saturated heterocycles. The average molecular weight is 296 g/mol. The molecular formula is C15H24N2O2S. The first-order valence-corrected chi connectivity index (χ1v) is 8.26. The van der Waals surface area contributed by atoms with Gasteiger partial charge in [0.05, 0.1) is 6.10 Å². The molecule has 2 rings (SSSR count). The topological polar surface area (TPSA) is 61.4 Å². The van der Waals surface area contributed by atoms with Gasteiger partial charge < -0.3 is 15.7 Å². The lowest BCUT2D eigenvalue weighted by Gasteiger charge is -2.26. The number of carbonyl (C=O) groups excluding carboxylic acids is 1. The number of carbonyl (C=O) groups is 1. The summed E-state index contributed by atoms with van der Waals surface area (Å²) >= 11 is 1.72. The number of thiophene rings is 1. The second-order valence-corrected chi connectivity index (χ2v) is 6.67. The molecule has 1 aliphatic rings. The Bertz CT molecular complexity index is 408. The first kappa shape index (κ1) is 15.3. The highest BCUT2D eigenvalue weighted by Crippen LogP contribution is 2.23. The Balaban J connectivity index is 1.63. The van der Waals surface area contributed by atoms with Crippen molar-refractivity contribution in [2.24, 2.45) is 5.92 Å². The third-order valence-corrected chi connectivity index (χ3v) is 5.01. The molecule has 1 aromatic heterocycles. The van der Waals surface area contributed by atoms with E-state index in [1.807, 2.05) is 6.07 Å². The van der Waals surface area contributed by atoms with E-state index in [0.29, 0.717) is 24.9 Å². The zero-order valence-corrected chi connectivity index (χ0v) is 12.8. The van der Waals surface area contributed by atoms with Crippen molar-refractivity contribution >= 4 is 17.4 Å². The van der Waals surface area contributed by atoms with E-state index in [9.17, 15) is 9.90 Å². The van der Waals surface area contributed by atoms with E-state index in [2.05, 4.69) is 29.0 Å². The summed E-state index contributed by atoms with van der Waals surface area (Å²) in [5.41, 5.74) is 0. The van der Waals surface area contributed by atoms with Gasteiger partial charge in [-0.25, -0.2) is 4.79 Å². The van der Waals surface area contributed by atoms with Crippen LogP contribution in [-0.2, 0) is 0 Å². The summed E-state index contributed by atoms with van der Waals surface area (Å²) in [6.07, 6.45) is 3.69. The molecule has 0 aliphatic heterocycles. The summed E-state index contributed by atoms with van der Waals surface area (Å²) in [6, 6.07) is 4.02. The molecule has 0 radical (unpaired) electrons. The van der Waals surface area contributed by atoms with Gasteiger partial charge in [0.1, 0.15) is 0 Å². The normalized spacial score (nSPS) is 24.1. The van der Waals surface area contributed by atoms with Gasteiger partial charge in [-0.2, -0.15) is 0 Å². The molecule has 3 N–H and O–H groups in total. The van der Waals surface area contributed by atoms with Crippen molar-refractivity contribution in [2.75, 3.05) is 13.1 Å². The smallest absolute Gasteiger partial charge is 0.314 e. The molecule has 1 aromatic rings. The quantitative estimate of drug-likeness (QED) is 0.782. The summed E-state index contributed by atoms with van der Waals surface area (Å²) < 4.78 is 0. The first-order valence-electron chi connectivity index (χ1n) is 7.38. The van der Waals surface area contributed by atoms with E-state index in [1.54, 1.807) is 11.3 Å². The Morgan fingerprint density at radius 1 is 1.50 bits per heavy atom. The maximum atomic E-state index is 11.8. The lowest BCUT2D eigenvalue weighted by Crippen LogP contribution is -2.40. The molecule has 1 fully saturated rings. The third kappa shape index (κ3) is 4.80. The Morgan fingerprint density at radius 3 is 3.05 bits per heavy atom. The van der Waals surface area contributed by atoms with Crippen molar-refractivity contribution in [3.63, 3.8) is 0 Å². The molecule has 0 bridgehead atoms. The van der Waals surface area contributed by atoms with Crippen LogP contribution in [0, 0.1) is 5.92 Å². The predicted molar refractivity (Wildman–Crippen MR) is 82.1 cm³/mol. The average Bonchev–Trinajstić information content (AvgIpc) is 2.97. The first-order chi connectivity index (χ1) is 9.65.